The Bertz CT molecular complexity index is 1280. The van der Waals surface area contributed by atoms with Gasteiger partial charge in [-0.1, -0.05) is 0 Å². The highest BCUT2D eigenvalue weighted by Gasteiger charge is 2.14. The number of methoxy groups -OCH3 is 1. The fourth-order valence-corrected chi connectivity index (χ4v) is 4.03. The van der Waals surface area contributed by atoms with Gasteiger partial charge in [0.05, 0.1) is 35.0 Å². The summed E-state index contributed by atoms with van der Waals surface area (Å²) in [6.07, 6.45) is 1.51. The zero-order valence-electron chi connectivity index (χ0n) is 20.5. The second-order valence-electron chi connectivity index (χ2n) is 7.47. The molecule has 11 heteroatoms. The number of hydrogen-bond acceptors (Lipinski definition) is 8. The van der Waals surface area contributed by atoms with Gasteiger partial charge in [-0.05, 0) is 90.0 Å². The lowest BCUT2D eigenvalue weighted by atomic mass is 10.2. The maximum absolute atomic E-state index is 12.5. The Morgan fingerprint density at radius 2 is 1.70 bits per heavy atom. The number of carbonyl (C=O) groups excluding carboxylic acids is 1. The molecule has 10 nitrogen and oxygen atoms in total. The summed E-state index contributed by atoms with van der Waals surface area (Å²) >= 11 is 2.13. The molecule has 37 heavy (non-hydrogen) atoms. The molecule has 0 aliphatic heterocycles. The van der Waals surface area contributed by atoms with Crippen molar-refractivity contribution in [3.8, 4) is 23.0 Å². The van der Waals surface area contributed by atoms with Crippen LogP contribution in [0.1, 0.15) is 35.3 Å². The lowest BCUT2D eigenvalue weighted by Gasteiger charge is -2.14. The normalized spacial score (nSPS) is 10.7. The van der Waals surface area contributed by atoms with Crippen LogP contribution >= 0.6 is 22.6 Å². The Labute approximate surface area is 227 Å². The van der Waals surface area contributed by atoms with Gasteiger partial charge in [-0.15, -0.1) is 0 Å². The van der Waals surface area contributed by atoms with Crippen molar-refractivity contribution in [2.45, 2.75) is 20.5 Å². The second kappa shape index (κ2) is 13.4. The Balaban J connectivity index is 1.70. The van der Waals surface area contributed by atoms with Gasteiger partial charge in [0.1, 0.15) is 6.61 Å². The van der Waals surface area contributed by atoms with Crippen LogP contribution < -0.4 is 24.4 Å². The first-order chi connectivity index (χ1) is 17.9. The smallest absolute Gasteiger partial charge is 0.271 e. The number of nitrogens with one attached hydrogen (secondary N) is 1. The lowest BCUT2D eigenvalue weighted by molar-refractivity contribution is -0.384. The van der Waals surface area contributed by atoms with Crippen molar-refractivity contribution in [2.24, 2.45) is 5.10 Å². The molecular formula is C26H26IN3O7. The van der Waals surface area contributed by atoms with Crippen molar-refractivity contribution in [1.82, 2.24) is 5.43 Å². The molecule has 0 unspecified atom stereocenters. The van der Waals surface area contributed by atoms with E-state index in [1.165, 1.54) is 25.5 Å². The number of nitrogens with zero attached hydrogens (tertiary/aromatic N) is 2. The molecule has 0 saturated carbocycles. The van der Waals surface area contributed by atoms with Crippen LogP contribution in [0.4, 0.5) is 5.69 Å². The van der Waals surface area contributed by atoms with Gasteiger partial charge in [0.15, 0.2) is 23.0 Å². The lowest BCUT2D eigenvalue weighted by Crippen LogP contribution is -2.17. The first-order valence-electron chi connectivity index (χ1n) is 11.3. The summed E-state index contributed by atoms with van der Waals surface area (Å²) in [5.41, 5.74) is 4.37. The predicted octanol–water partition coefficient (Wildman–Crippen LogP) is 5.35. The predicted molar refractivity (Wildman–Crippen MR) is 147 cm³/mol. The number of halogens is 1. The standard InChI is InChI=1S/C26H26IN3O7/c1-4-35-22-11-8-19(14-23(22)34-3)26(31)29-28-15-18-12-21(27)25(24(13-18)36-5-2)37-16-17-6-9-20(10-7-17)30(32)33/h6-15H,4-5,16H2,1-3H3,(H,29,31)/b28-15+. The summed E-state index contributed by atoms with van der Waals surface area (Å²) in [7, 11) is 1.51. The quantitative estimate of drug-likeness (QED) is 0.126. The van der Waals surface area contributed by atoms with Crippen molar-refractivity contribution >= 4 is 40.4 Å². The van der Waals surface area contributed by atoms with Crippen LogP contribution in [0.3, 0.4) is 0 Å². The van der Waals surface area contributed by atoms with Crippen LogP contribution in [0.25, 0.3) is 0 Å². The van der Waals surface area contributed by atoms with Crippen molar-refractivity contribution in [3.63, 3.8) is 0 Å². The maximum atomic E-state index is 12.5. The van der Waals surface area contributed by atoms with Gasteiger partial charge >= 0.3 is 0 Å². The number of hydrogen-bond donors (Lipinski definition) is 1. The Morgan fingerprint density at radius 1 is 1.00 bits per heavy atom. The van der Waals surface area contributed by atoms with Gasteiger partial charge in [-0.2, -0.15) is 5.10 Å². The van der Waals surface area contributed by atoms with Crippen molar-refractivity contribution < 1.29 is 28.7 Å². The number of nitro benzene ring substituents is 1. The van der Waals surface area contributed by atoms with Crippen molar-refractivity contribution in [1.29, 1.82) is 0 Å². The molecule has 0 aromatic heterocycles. The molecule has 0 bridgehead atoms. The van der Waals surface area contributed by atoms with E-state index in [4.69, 9.17) is 18.9 Å². The molecule has 0 saturated heterocycles. The summed E-state index contributed by atoms with van der Waals surface area (Å²) < 4.78 is 23.3. The zero-order chi connectivity index (χ0) is 26.8. The molecule has 1 amide bonds. The first-order valence-corrected chi connectivity index (χ1v) is 12.4. The van der Waals surface area contributed by atoms with E-state index >= 15 is 0 Å². The summed E-state index contributed by atoms with van der Waals surface area (Å²) in [5, 5.41) is 14.9. The minimum absolute atomic E-state index is 0.0192. The van der Waals surface area contributed by atoms with Gasteiger partial charge in [-0.3, -0.25) is 14.9 Å². The van der Waals surface area contributed by atoms with E-state index in [1.807, 2.05) is 19.9 Å². The largest absolute Gasteiger partial charge is 0.493 e. The number of ether oxygens (including phenoxy) is 4. The molecule has 0 aliphatic rings. The molecular weight excluding hydrogens is 593 g/mol. The summed E-state index contributed by atoms with van der Waals surface area (Å²) in [6.45, 7) is 4.84. The third-order valence-electron chi connectivity index (χ3n) is 4.97. The molecule has 0 heterocycles. The van der Waals surface area contributed by atoms with Gasteiger partial charge in [-0.25, -0.2) is 5.43 Å². The van der Waals surface area contributed by atoms with E-state index in [0.717, 1.165) is 9.13 Å². The molecule has 3 aromatic rings. The fraction of sp³-hybridized carbons (Fsp3) is 0.231. The van der Waals surface area contributed by atoms with Crippen LogP contribution in [0.5, 0.6) is 23.0 Å². The molecule has 1 N–H and O–H groups in total. The number of non-ortho nitro benzene ring substituents is 1. The highest BCUT2D eigenvalue weighted by Crippen LogP contribution is 2.34. The minimum Gasteiger partial charge on any atom is -0.493 e. The monoisotopic (exact) mass is 619 g/mol. The van der Waals surface area contributed by atoms with Crippen LogP contribution in [-0.4, -0.2) is 37.4 Å². The summed E-state index contributed by atoms with van der Waals surface area (Å²) in [4.78, 5) is 22.9. The number of nitro groups is 1. The van der Waals surface area contributed by atoms with E-state index in [9.17, 15) is 14.9 Å². The molecule has 0 atom stereocenters. The third kappa shape index (κ3) is 7.56. The van der Waals surface area contributed by atoms with Gasteiger partial charge in [0.25, 0.3) is 11.6 Å². The number of carbonyl (C=O) groups is 1. The minimum atomic E-state index is -0.446. The molecule has 0 fully saturated rings. The molecule has 0 spiro atoms. The topological polar surface area (TPSA) is 122 Å². The first kappa shape index (κ1) is 27.7. The Kier molecular flexibility index (Phi) is 10.1. The van der Waals surface area contributed by atoms with E-state index in [0.29, 0.717) is 47.3 Å². The van der Waals surface area contributed by atoms with E-state index in [-0.39, 0.29) is 12.3 Å². The average Bonchev–Trinajstić information content (AvgIpc) is 2.89. The molecule has 3 rings (SSSR count). The van der Waals surface area contributed by atoms with Crippen LogP contribution in [0, 0.1) is 13.7 Å². The number of rotatable bonds is 12. The molecule has 0 aliphatic carbocycles. The highest BCUT2D eigenvalue weighted by atomic mass is 127. The van der Waals surface area contributed by atoms with Crippen molar-refractivity contribution in [2.75, 3.05) is 20.3 Å². The van der Waals surface area contributed by atoms with E-state index in [2.05, 4.69) is 33.1 Å². The van der Waals surface area contributed by atoms with E-state index < -0.39 is 10.8 Å². The Morgan fingerprint density at radius 3 is 2.35 bits per heavy atom. The van der Waals surface area contributed by atoms with Crippen LogP contribution in [-0.2, 0) is 6.61 Å². The Hall–Kier alpha value is -3.87. The van der Waals surface area contributed by atoms with Crippen molar-refractivity contribution in [3.05, 3.63) is 85.0 Å². The highest BCUT2D eigenvalue weighted by molar-refractivity contribution is 14.1. The SMILES string of the molecule is CCOc1ccc(C(=O)N/N=C/c2cc(I)c(OCc3ccc([N+](=O)[O-])cc3)c(OCC)c2)cc1OC. The van der Waals surface area contributed by atoms with Crippen LogP contribution in [0.15, 0.2) is 59.7 Å². The van der Waals surface area contributed by atoms with Gasteiger partial charge in [0.2, 0.25) is 0 Å². The fourth-order valence-electron chi connectivity index (χ4n) is 3.25. The molecule has 3 aromatic carbocycles. The molecule has 194 valence electrons. The zero-order valence-corrected chi connectivity index (χ0v) is 22.7. The average molecular weight is 619 g/mol. The summed E-state index contributed by atoms with van der Waals surface area (Å²) in [6, 6.07) is 14.6. The van der Waals surface area contributed by atoms with Crippen LogP contribution in [0.2, 0.25) is 0 Å². The van der Waals surface area contributed by atoms with E-state index in [1.54, 1.807) is 36.4 Å². The van der Waals surface area contributed by atoms with Gasteiger partial charge in [0, 0.05) is 17.7 Å². The second-order valence-corrected chi connectivity index (χ2v) is 8.64. The summed E-state index contributed by atoms with van der Waals surface area (Å²) in [5.74, 6) is 1.67. The number of benzene rings is 3. The molecule has 0 radical (unpaired) electrons. The third-order valence-corrected chi connectivity index (χ3v) is 5.77. The number of hydrazone groups is 1. The maximum Gasteiger partial charge on any atom is 0.271 e. The number of amides is 1. The van der Waals surface area contributed by atoms with Gasteiger partial charge < -0.3 is 18.9 Å².